The lowest BCUT2D eigenvalue weighted by molar-refractivity contribution is -0.141. The second-order valence-electron chi connectivity index (χ2n) is 4.49. The molecule has 19 heavy (non-hydrogen) atoms. The largest absolute Gasteiger partial charge is 0.433 e. The summed E-state index contributed by atoms with van der Waals surface area (Å²) in [6.07, 6.45) is -4.45. The quantitative estimate of drug-likeness (QED) is 0.775. The third-order valence-corrected chi connectivity index (χ3v) is 3.72. The smallest absolute Gasteiger partial charge is 0.373 e. The second-order valence-corrected chi connectivity index (χ2v) is 5.14. The zero-order valence-corrected chi connectivity index (χ0v) is 11.9. The molecule has 1 aromatic rings. The van der Waals surface area contributed by atoms with Crippen LogP contribution in [-0.4, -0.2) is 35.6 Å². The van der Waals surface area contributed by atoms with Crippen molar-refractivity contribution in [3.05, 3.63) is 23.9 Å². The number of anilines is 1. The Labute approximate surface area is 117 Å². The summed E-state index contributed by atoms with van der Waals surface area (Å²) >= 11 is 3.33. The van der Waals surface area contributed by atoms with Crippen molar-refractivity contribution in [2.75, 3.05) is 23.4 Å². The maximum atomic E-state index is 12.7. The summed E-state index contributed by atoms with van der Waals surface area (Å²) in [5.41, 5.74) is -0.862. The van der Waals surface area contributed by atoms with Crippen molar-refractivity contribution in [3.63, 3.8) is 0 Å². The van der Waals surface area contributed by atoms with Gasteiger partial charge >= 0.3 is 6.18 Å². The highest BCUT2D eigenvalue weighted by Crippen LogP contribution is 2.30. The lowest BCUT2D eigenvalue weighted by Gasteiger charge is -2.38. The minimum Gasteiger partial charge on any atom is -0.373 e. The first kappa shape index (κ1) is 14.6. The van der Waals surface area contributed by atoms with Gasteiger partial charge in [-0.1, -0.05) is 22.0 Å². The number of ether oxygens (including phenoxy) is 1. The first-order chi connectivity index (χ1) is 8.91. The topological polar surface area (TPSA) is 25.4 Å². The molecule has 0 aliphatic carbocycles. The molecule has 1 aromatic heterocycles. The molecule has 0 amide bonds. The fourth-order valence-corrected chi connectivity index (χ4v) is 2.36. The summed E-state index contributed by atoms with van der Waals surface area (Å²) in [5.74, 6) is 0.344. The van der Waals surface area contributed by atoms with Crippen molar-refractivity contribution < 1.29 is 17.9 Å². The number of nitrogens with zero attached hydrogens (tertiary/aromatic N) is 2. The number of hydrogen-bond acceptors (Lipinski definition) is 3. The molecule has 0 spiro atoms. The molecule has 7 heteroatoms. The molecule has 0 aromatic carbocycles. The van der Waals surface area contributed by atoms with Crippen molar-refractivity contribution >= 4 is 21.7 Å². The van der Waals surface area contributed by atoms with Crippen LogP contribution >= 0.6 is 15.9 Å². The van der Waals surface area contributed by atoms with Crippen LogP contribution in [0.25, 0.3) is 0 Å². The highest BCUT2D eigenvalue weighted by atomic mass is 79.9. The molecule has 0 bridgehead atoms. The van der Waals surface area contributed by atoms with E-state index >= 15 is 0 Å². The monoisotopic (exact) mass is 338 g/mol. The van der Waals surface area contributed by atoms with E-state index in [2.05, 4.69) is 20.9 Å². The van der Waals surface area contributed by atoms with Crippen LogP contribution in [0.15, 0.2) is 18.2 Å². The molecule has 106 valence electrons. The fraction of sp³-hybridized carbons (Fsp3) is 0.583. The molecule has 0 radical (unpaired) electrons. The van der Waals surface area contributed by atoms with Gasteiger partial charge < -0.3 is 9.64 Å². The third kappa shape index (κ3) is 3.39. The van der Waals surface area contributed by atoms with E-state index in [-0.39, 0.29) is 12.1 Å². The number of morpholine rings is 1. The van der Waals surface area contributed by atoms with E-state index in [0.29, 0.717) is 24.3 Å². The number of pyridine rings is 1. The summed E-state index contributed by atoms with van der Waals surface area (Å²) < 4.78 is 43.5. The number of hydrogen-bond donors (Lipinski definition) is 0. The first-order valence-corrected chi connectivity index (χ1v) is 7.02. The summed E-state index contributed by atoms with van der Waals surface area (Å²) in [6.45, 7) is 2.92. The zero-order chi connectivity index (χ0) is 14.0. The average molecular weight is 339 g/mol. The molecule has 2 atom stereocenters. The molecule has 1 aliphatic rings. The van der Waals surface area contributed by atoms with Crippen LogP contribution in [0.1, 0.15) is 12.6 Å². The summed E-state index contributed by atoms with van der Waals surface area (Å²) in [5, 5.41) is 0.648. The van der Waals surface area contributed by atoms with Gasteiger partial charge in [-0.05, 0) is 19.1 Å². The van der Waals surface area contributed by atoms with Gasteiger partial charge in [-0.2, -0.15) is 13.2 Å². The van der Waals surface area contributed by atoms with Crippen molar-refractivity contribution in [3.8, 4) is 0 Å². The molecule has 0 N–H and O–H groups in total. The number of aromatic nitrogens is 1. The highest BCUT2D eigenvalue weighted by Gasteiger charge is 2.34. The Morgan fingerprint density at radius 1 is 1.47 bits per heavy atom. The lowest BCUT2D eigenvalue weighted by atomic mass is 10.2. The van der Waals surface area contributed by atoms with Gasteiger partial charge in [0, 0.05) is 11.9 Å². The van der Waals surface area contributed by atoms with Gasteiger partial charge in [0.15, 0.2) is 0 Å². The molecular weight excluding hydrogens is 325 g/mol. The molecule has 2 heterocycles. The molecule has 1 saturated heterocycles. The highest BCUT2D eigenvalue weighted by molar-refractivity contribution is 9.09. The normalized spacial score (nSPS) is 24.6. The predicted octanol–water partition coefficient (Wildman–Crippen LogP) is 3.09. The van der Waals surface area contributed by atoms with E-state index in [1.807, 2.05) is 11.8 Å². The molecule has 1 fully saturated rings. The van der Waals surface area contributed by atoms with Crippen molar-refractivity contribution in [1.82, 2.24) is 4.98 Å². The zero-order valence-electron chi connectivity index (χ0n) is 10.3. The Morgan fingerprint density at radius 3 is 2.84 bits per heavy atom. The molecule has 2 rings (SSSR count). The van der Waals surface area contributed by atoms with Gasteiger partial charge in [0.1, 0.15) is 11.5 Å². The van der Waals surface area contributed by atoms with Crippen LogP contribution in [0.3, 0.4) is 0 Å². The number of alkyl halides is 4. The van der Waals surface area contributed by atoms with E-state index in [9.17, 15) is 13.2 Å². The maximum absolute atomic E-state index is 12.7. The molecule has 0 saturated carbocycles. The van der Waals surface area contributed by atoms with Crippen molar-refractivity contribution in [2.24, 2.45) is 0 Å². The van der Waals surface area contributed by atoms with E-state index in [4.69, 9.17) is 4.74 Å². The average Bonchev–Trinajstić information content (AvgIpc) is 2.38. The van der Waals surface area contributed by atoms with Crippen LogP contribution in [0.5, 0.6) is 0 Å². The third-order valence-electron chi connectivity index (χ3n) is 3.00. The van der Waals surface area contributed by atoms with E-state index < -0.39 is 11.9 Å². The first-order valence-electron chi connectivity index (χ1n) is 5.90. The van der Waals surface area contributed by atoms with Crippen LogP contribution in [-0.2, 0) is 10.9 Å². The van der Waals surface area contributed by atoms with Gasteiger partial charge in [0.05, 0.1) is 18.8 Å². The second kappa shape index (κ2) is 5.66. The maximum Gasteiger partial charge on any atom is 0.433 e. The molecule has 2 unspecified atom stereocenters. The van der Waals surface area contributed by atoms with Gasteiger partial charge in [-0.3, -0.25) is 0 Å². The van der Waals surface area contributed by atoms with Crippen molar-refractivity contribution in [1.29, 1.82) is 0 Å². The fourth-order valence-electron chi connectivity index (χ4n) is 1.97. The van der Waals surface area contributed by atoms with E-state index in [1.54, 1.807) is 6.07 Å². The Bertz CT molecular complexity index is 441. The predicted molar refractivity (Wildman–Crippen MR) is 69.6 cm³/mol. The Hall–Kier alpha value is -0.820. The summed E-state index contributed by atoms with van der Waals surface area (Å²) in [7, 11) is 0. The minimum atomic E-state index is -4.42. The Balaban J connectivity index is 2.25. The minimum absolute atomic E-state index is 0.00582. The molecular formula is C12H14BrF3N2O. The van der Waals surface area contributed by atoms with Crippen molar-refractivity contribution in [2.45, 2.75) is 25.2 Å². The van der Waals surface area contributed by atoms with Gasteiger partial charge in [-0.25, -0.2) is 4.98 Å². The summed E-state index contributed by atoms with van der Waals surface area (Å²) in [6, 6.07) is 3.97. The van der Waals surface area contributed by atoms with Crippen LogP contribution in [0.4, 0.5) is 19.0 Å². The lowest BCUT2D eigenvalue weighted by Crippen LogP contribution is -2.49. The number of halogens is 4. The standard InChI is InChI=1S/C12H14BrF3N2O/c1-8-7-19-9(5-13)6-18(8)11-4-2-3-10(17-11)12(14,15)16/h2-4,8-9H,5-7H2,1H3. The van der Waals surface area contributed by atoms with Crippen LogP contribution in [0.2, 0.25) is 0 Å². The molecule has 1 aliphatic heterocycles. The van der Waals surface area contributed by atoms with Gasteiger partial charge in [0.25, 0.3) is 0 Å². The number of rotatable bonds is 2. The van der Waals surface area contributed by atoms with Crippen LogP contribution in [0, 0.1) is 0 Å². The Morgan fingerprint density at radius 2 is 2.21 bits per heavy atom. The van der Waals surface area contributed by atoms with E-state index in [1.165, 1.54) is 6.07 Å². The SMILES string of the molecule is CC1COC(CBr)CN1c1cccc(C(F)(F)F)n1. The molecule has 3 nitrogen and oxygen atoms in total. The Kier molecular flexibility index (Phi) is 4.35. The van der Waals surface area contributed by atoms with Gasteiger partial charge in [0.2, 0.25) is 0 Å². The van der Waals surface area contributed by atoms with Gasteiger partial charge in [-0.15, -0.1) is 0 Å². The van der Waals surface area contributed by atoms with E-state index in [0.717, 1.165) is 6.07 Å². The van der Waals surface area contributed by atoms with Crippen LogP contribution < -0.4 is 4.90 Å². The summed E-state index contributed by atoms with van der Waals surface area (Å²) in [4.78, 5) is 5.57.